The van der Waals surface area contributed by atoms with Gasteiger partial charge in [0, 0.05) is 13.0 Å². The summed E-state index contributed by atoms with van der Waals surface area (Å²) in [7, 11) is 1.34. The van der Waals surface area contributed by atoms with Crippen LogP contribution in [0.25, 0.3) is 0 Å². The molecule has 8 nitrogen and oxygen atoms in total. The van der Waals surface area contributed by atoms with Crippen molar-refractivity contribution in [3.63, 3.8) is 0 Å². The van der Waals surface area contributed by atoms with Crippen molar-refractivity contribution < 1.29 is 37.3 Å². The van der Waals surface area contributed by atoms with Crippen LogP contribution in [0.1, 0.15) is 194 Å². The summed E-state index contributed by atoms with van der Waals surface area (Å²) in [5, 5.41) is 0. The fourth-order valence-corrected chi connectivity index (χ4v) is 7.02. The van der Waals surface area contributed by atoms with Gasteiger partial charge in [0.05, 0.1) is 34.4 Å². The average molecular weight is 850 g/mol. The number of nitrogens with zero attached hydrogens (tertiary/aromatic N) is 1. The molecular weight excluding hydrogens is 758 g/mol. The molecule has 0 aromatic heterocycles. The smallest absolute Gasteiger partial charge is 0.306 e. The van der Waals surface area contributed by atoms with Crippen molar-refractivity contribution in [2.45, 2.75) is 200 Å². The van der Waals surface area contributed by atoms with Crippen molar-refractivity contribution in [2.75, 3.05) is 54.1 Å². The number of quaternary nitrogens is 1. The first kappa shape index (κ1) is 57.2. The van der Waals surface area contributed by atoms with Gasteiger partial charge >= 0.3 is 5.97 Å². The molecule has 0 aliphatic heterocycles. The standard InChI is InChI=1S/C50H92NO7P/c1-6-8-10-12-14-16-18-20-22-24-26-27-29-31-33-35-37-39-41-43-50(52)58-49(48-57-59(53,54)56-46-44-51(3,4)5)47-55-45-42-40-38-36-34-32-30-28-25-23-21-19-17-15-13-11-9-7-2/h14-17,20-23,26-27,49H,6-13,18-19,24-25,28-48H2,1-5H3/b16-14-,17-15-,22-20-,23-21-,27-26-. The number of likely N-dealkylation sites (N-methyl/N-ethyl adjacent to an activating group) is 1. The summed E-state index contributed by atoms with van der Waals surface area (Å²) >= 11 is 0. The molecule has 0 saturated heterocycles. The number of unbranched alkanes of at least 4 members (excludes halogenated alkanes) is 20. The lowest BCUT2D eigenvalue weighted by Crippen LogP contribution is -2.37. The third kappa shape index (κ3) is 47.1. The van der Waals surface area contributed by atoms with Crippen LogP contribution >= 0.6 is 7.82 Å². The summed E-state index contributed by atoms with van der Waals surface area (Å²) in [5.41, 5.74) is 0. The maximum absolute atomic E-state index is 12.7. The first-order chi connectivity index (χ1) is 28.6. The molecule has 0 rings (SSSR count). The molecule has 0 spiro atoms. The van der Waals surface area contributed by atoms with E-state index in [0.29, 0.717) is 24.1 Å². The van der Waals surface area contributed by atoms with E-state index in [0.717, 1.165) is 64.2 Å². The Morgan fingerprint density at radius 1 is 0.525 bits per heavy atom. The van der Waals surface area contributed by atoms with Gasteiger partial charge in [0.25, 0.3) is 7.82 Å². The molecular formula is C50H92NO7P. The van der Waals surface area contributed by atoms with Gasteiger partial charge in [-0.2, -0.15) is 0 Å². The van der Waals surface area contributed by atoms with Crippen LogP contribution in [-0.4, -0.2) is 70.7 Å². The zero-order chi connectivity index (χ0) is 43.4. The van der Waals surface area contributed by atoms with Crippen LogP contribution in [0.3, 0.4) is 0 Å². The van der Waals surface area contributed by atoms with Gasteiger partial charge in [-0.1, -0.05) is 164 Å². The number of ether oxygens (including phenoxy) is 2. The van der Waals surface area contributed by atoms with E-state index in [1.54, 1.807) is 0 Å². The van der Waals surface area contributed by atoms with Crippen LogP contribution in [0.4, 0.5) is 0 Å². The lowest BCUT2D eigenvalue weighted by molar-refractivity contribution is -0.870. The Labute approximate surface area is 364 Å². The second-order valence-corrected chi connectivity index (χ2v) is 18.5. The number of hydrogen-bond acceptors (Lipinski definition) is 7. The first-order valence-electron chi connectivity index (χ1n) is 24.0. The fourth-order valence-electron chi connectivity index (χ4n) is 6.29. The predicted octanol–water partition coefficient (Wildman–Crippen LogP) is 13.9. The van der Waals surface area contributed by atoms with E-state index in [1.807, 2.05) is 21.1 Å². The Balaban J connectivity index is 4.24. The minimum Gasteiger partial charge on any atom is -0.756 e. The lowest BCUT2D eigenvalue weighted by atomic mass is 10.1. The van der Waals surface area contributed by atoms with Gasteiger partial charge in [-0.05, 0) is 83.5 Å². The third-order valence-corrected chi connectivity index (χ3v) is 11.0. The quantitative estimate of drug-likeness (QED) is 0.0198. The highest BCUT2D eigenvalue weighted by atomic mass is 31.2. The molecule has 9 heteroatoms. The maximum Gasteiger partial charge on any atom is 0.306 e. The summed E-state index contributed by atoms with van der Waals surface area (Å²) < 4.78 is 34.7. The number of rotatable bonds is 44. The van der Waals surface area contributed by atoms with Crippen molar-refractivity contribution in [1.29, 1.82) is 0 Å². The number of hydrogen-bond donors (Lipinski definition) is 0. The number of allylic oxidation sites excluding steroid dienone is 10. The van der Waals surface area contributed by atoms with Crippen molar-refractivity contribution in [1.82, 2.24) is 0 Å². The van der Waals surface area contributed by atoms with E-state index in [4.69, 9.17) is 18.5 Å². The summed E-state index contributed by atoms with van der Waals surface area (Å²) in [6, 6.07) is 0. The Kier molecular flexibility index (Phi) is 41.6. The molecule has 2 atom stereocenters. The fraction of sp³-hybridized carbons (Fsp3) is 0.780. The predicted molar refractivity (Wildman–Crippen MR) is 249 cm³/mol. The second kappa shape index (κ2) is 42.9. The van der Waals surface area contributed by atoms with E-state index in [1.165, 1.54) is 109 Å². The number of carbonyl (C=O) groups excluding carboxylic acids is 1. The number of esters is 1. The Morgan fingerprint density at radius 2 is 0.932 bits per heavy atom. The molecule has 0 N–H and O–H groups in total. The molecule has 0 radical (unpaired) electrons. The molecule has 2 unspecified atom stereocenters. The Bertz CT molecular complexity index is 1130. The first-order valence-corrected chi connectivity index (χ1v) is 25.5. The molecule has 0 saturated carbocycles. The Hall–Kier alpha value is -1.80. The molecule has 0 bridgehead atoms. The van der Waals surface area contributed by atoms with Crippen molar-refractivity contribution in [3.8, 4) is 0 Å². The molecule has 0 aromatic carbocycles. The van der Waals surface area contributed by atoms with Crippen molar-refractivity contribution in [3.05, 3.63) is 60.8 Å². The maximum atomic E-state index is 12.7. The molecule has 344 valence electrons. The molecule has 0 amide bonds. The summed E-state index contributed by atoms with van der Waals surface area (Å²) in [6.07, 6.45) is 53.7. The third-order valence-electron chi connectivity index (χ3n) is 10.0. The minimum absolute atomic E-state index is 0.0197. The molecule has 0 aliphatic carbocycles. The monoisotopic (exact) mass is 850 g/mol. The van der Waals surface area contributed by atoms with E-state index in [9.17, 15) is 14.3 Å². The largest absolute Gasteiger partial charge is 0.756 e. The lowest BCUT2D eigenvalue weighted by Gasteiger charge is -2.28. The topological polar surface area (TPSA) is 94.1 Å². The highest BCUT2D eigenvalue weighted by Crippen LogP contribution is 2.38. The molecule has 59 heavy (non-hydrogen) atoms. The van der Waals surface area contributed by atoms with Crippen LogP contribution < -0.4 is 4.89 Å². The SMILES string of the molecule is CCCCC/C=C\C/C=C\C/C=C\CCCCCCCCC(=O)OC(COCCCCCCCCCC/C=C\C/C=C\CCCCC)COP(=O)([O-])OCC[N+](C)(C)C. The van der Waals surface area contributed by atoms with E-state index < -0.39 is 13.9 Å². The zero-order valence-corrected chi connectivity index (χ0v) is 39.8. The highest BCUT2D eigenvalue weighted by Gasteiger charge is 2.20. The molecule has 0 fully saturated rings. The van der Waals surface area contributed by atoms with Crippen LogP contribution in [0, 0.1) is 0 Å². The normalized spacial score (nSPS) is 14.2. The van der Waals surface area contributed by atoms with Gasteiger partial charge in [0.1, 0.15) is 19.3 Å². The molecule has 0 heterocycles. The summed E-state index contributed by atoms with van der Waals surface area (Å²) in [6.45, 7) is 5.33. The highest BCUT2D eigenvalue weighted by molar-refractivity contribution is 7.45. The van der Waals surface area contributed by atoms with Gasteiger partial charge in [-0.15, -0.1) is 0 Å². The van der Waals surface area contributed by atoms with Crippen LogP contribution in [0.15, 0.2) is 60.8 Å². The van der Waals surface area contributed by atoms with Crippen molar-refractivity contribution >= 4 is 13.8 Å². The van der Waals surface area contributed by atoms with Gasteiger partial charge < -0.3 is 27.9 Å². The van der Waals surface area contributed by atoms with Crippen LogP contribution in [-0.2, 0) is 27.9 Å². The zero-order valence-electron chi connectivity index (χ0n) is 38.9. The van der Waals surface area contributed by atoms with Crippen molar-refractivity contribution in [2.24, 2.45) is 0 Å². The summed E-state index contributed by atoms with van der Waals surface area (Å²) in [5.74, 6) is -0.350. The average Bonchev–Trinajstić information content (AvgIpc) is 3.19. The van der Waals surface area contributed by atoms with E-state index in [2.05, 4.69) is 74.6 Å². The number of phosphoric ester groups is 1. The van der Waals surface area contributed by atoms with E-state index in [-0.39, 0.29) is 25.8 Å². The van der Waals surface area contributed by atoms with Gasteiger partial charge in [0.15, 0.2) is 0 Å². The van der Waals surface area contributed by atoms with Crippen LogP contribution in [0.2, 0.25) is 0 Å². The summed E-state index contributed by atoms with van der Waals surface area (Å²) in [4.78, 5) is 25.1. The van der Waals surface area contributed by atoms with Crippen LogP contribution in [0.5, 0.6) is 0 Å². The van der Waals surface area contributed by atoms with Gasteiger partial charge in [-0.3, -0.25) is 9.36 Å². The number of phosphoric acid groups is 1. The van der Waals surface area contributed by atoms with Gasteiger partial charge in [-0.25, -0.2) is 0 Å². The molecule has 0 aromatic rings. The van der Waals surface area contributed by atoms with Gasteiger partial charge in [0.2, 0.25) is 0 Å². The second-order valence-electron chi connectivity index (χ2n) is 17.1. The Morgan fingerprint density at radius 3 is 1.39 bits per heavy atom. The minimum atomic E-state index is -4.54. The number of carbonyl (C=O) groups is 1. The van der Waals surface area contributed by atoms with E-state index >= 15 is 0 Å². The molecule has 0 aliphatic rings.